The number of anilines is 1. The summed E-state index contributed by atoms with van der Waals surface area (Å²) in [6, 6.07) is 3.74. The van der Waals surface area contributed by atoms with Gasteiger partial charge in [0.2, 0.25) is 5.91 Å². The highest BCUT2D eigenvalue weighted by Gasteiger charge is 2.32. The summed E-state index contributed by atoms with van der Waals surface area (Å²) in [6.07, 6.45) is 3.93. The van der Waals surface area contributed by atoms with Gasteiger partial charge in [0.15, 0.2) is 0 Å². The molecule has 6 nitrogen and oxygen atoms in total. The second-order valence-corrected chi connectivity index (χ2v) is 6.25. The second-order valence-electron chi connectivity index (χ2n) is 6.25. The predicted octanol–water partition coefficient (Wildman–Crippen LogP) is 1.51. The molecule has 0 spiro atoms. The maximum Gasteiger partial charge on any atom is 0.323 e. The third-order valence-electron chi connectivity index (χ3n) is 4.43. The number of pyridine rings is 1. The fourth-order valence-corrected chi connectivity index (χ4v) is 3.19. The van der Waals surface area contributed by atoms with Crippen LogP contribution in [0.25, 0.3) is 0 Å². The van der Waals surface area contributed by atoms with Crippen molar-refractivity contribution in [3.05, 3.63) is 23.4 Å². The first kappa shape index (κ1) is 14.8. The highest BCUT2D eigenvalue weighted by molar-refractivity contribution is 5.89. The quantitative estimate of drug-likeness (QED) is 0.900. The average molecular weight is 302 g/mol. The molecule has 1 unspecified atom stereocenters. The third kappa shape index (κ3) is 2.91. The van der Waals surface area contributed by atoms with Crippen molar-refractivity contribution < 1.29 is 9.59 Å². The van der Waals surface area contributed by atoms with Gasteiger partial charge >= 0.3 is 6.03 Å². The highest BCUT2D eigenvalue weighted by atomic mass is 16.2. The Labute approximate surface area is 130 Å². The van der Waals surface area contributed by atoms with Crippen molar-refractivity contribution in [3.8, 4) is 0 Å². The van der Waals surface area contributed by atoms with E-state index in [9.17, 15) is 9.59 Å². The molecule has 1 saturated heterocycles. The largest absolute Gasteiger partial charge is 0.349 e. The van der Waals surface area contributed by atoms with E-state index in [-0.39, 0.29) is 17.9 Å². The summed E-state index contributed by atoms with van der Waals surface area (Å²) in [5, 5.41) is 2.85. The maximum absolute atomic E-state index is 12.3. The number of nitrogens with zero attached hydrogens (tertiary/aromatic N) is 3. The molecule has 0 aromatic carbocycles. The van der Waals surface area contributed by atoms with Crippen LogP contribution in [0.4, 0.5) is 10.6 Å². The zero-order valence-electron chi connectivity index (χ0n) is 13.1. The highest BCUT2D eigenvalue weighted by Crippen LogP contribution is 2.23. The number of hydrogen-bond donors (Lipinski definition) is 1. The van der Waals surface area contributed by atoms with Crippen molar-refractivity contribution in [1.82, 2.24) is 14.8 Å². The number of rotatable bonds is 2. The van der Waals surface area contributed by atoms with Gasteiger partial charge in [-0.2, -0.15) is 0 Å². The molecule has 6 heteroatoms. The molecule has 118 valence electrons. The molecular weight excluding hydrogens is 280 g/mol. The van der Waals surface area contributed by atoms with Crippen LogP contribution in [0.1, 0.15) is 24.1 Å². The van der Waals surface area contributed by atoms with Gasteiger partial charge < -0.3 is 9.80 Å². The van der Waals surface area contributed by atoms with Crippen LogP contribution in [0.2, 0.25) is 0 Å². The monoisotopic (exact) mass is 302 g/mol. The Hall–Kier alpha value is -2.11. The van der Waals surface area contributed by atoms with Crippen LogP contribution in [0.3, 0.4) is 0 Å². The van der Waals surface area contributed by atoms with Gasteiger partial charge in [-0.25, -0.2) is 9.78 Å². The lowest BCUT2D eigenvalue weighted by Gasteiger charge is -2.18. The number of urea groups is 1. The summed E-state index contributed by atoms with van der Waals surface area (Å²) in [5.41, 5.74) is 2.38. The molecule has 22 heavy (non-hydrogen) atoms. The maximum atomic E-state index is 12.3. The number of carbonyl (C=O) groups is 2. The van der Waals surface area contributed by atoms with Gasteiger partial charge in [-0.15, -0.1) is 0 Å². The Balaban J connectivity index is 1.60. The number of hydrogen-bond acceptors (Lipinski definition) is 3. The summed E-state index contributed by atoms with van der Waals surface area (Å²) in [4.78, 5) is 32.1. The van der Waals surface area contributed by atoms with Gasteiger partial charge in [0.25, 0.3) is 0 Å². The minimum Gasteiger partial charge on any atom is -0.349 e. The molecule has 1 aromatic heterocycles. The zero-order chi connectivity index (χ0) is 15.7. The summed E-state index contributed by atoms with van der Waals surface area (Å²) >= 11 is 0. The van der Waals surface area contributed by atoms with Gasteiger partial charge in [0.05, 0.1) is 5.92 Å². The Bertz CT molecular complexity index is 600. The van der Waals surface area contributed by atoms with E-state index in [1.165, 1.54) is 5.56 Å². The van der Waals surface area contributed by atoms with Crippen molar-refractivity contribution in [2.75, 3.05) is 32.5 Å². The molecule has 2 heterocycles. The Morgan fingerprint density at radius 1 is 1.32 bits per heavy atom. The average Bonchev–Trinajstić information content (AvgIpc) is 3.14. The van der Waals surface area contributed by atoms with Crippen LogP contribution in [0.5, 0.6) is 0 Å². The molecule has 2 aliphatic rings. The lowest BCUT2D eigenvalue weighted by Crippen LogP contribution is -2.36. The van der Waals surface area contributed by atoms with Gasteiger partial charge in [-0.1, -0.05) is 6.07 Å². The Morgan fingerprint density at radius 2 is 2.14 bits per heavy atom. The molecular formula is C16H22N4O2. The first-order valence-electron chi connectivity index (χ1n) is 7.80. The number of nitrogens with one attached hydrogen (secondary N) is 1. The molecule has 1 aliphatic heterocycles. The molecule has 1 atom stereocenters. The van der Waals surface area contributed by atoms with E-state index in [2.05, 4.69) is 10.3 Å². The lowest BCUT2D eigenvalue weighted by atomic mass is 10.1. The van der Waals surface area contributed by atoms with Crippen molar-refractivity contribution in [2.24, 2.45) is 5.92 Å². The van der Waals surface area contributed by atoms with Crippen LogP contribution in [0, 0.1) is 5.92 Å². The fraction of sp³-hybridized carbons (Fsp3) is 0.562. The van der Waals surface area contributed by atoms with E-state index in [0.717, 1.165) is 31.4 Å². The molecule has 0 bridgehead atoms. The number of carbonyl (C=O) groups excluding carboxylic acids is 2. The Kier molecular flexibility index (Phi) is 4.00. The lowest BCUT2D eigenvalue weighted by molar-refractivity contribution is -0.132. The molecule has 1 N–H and O–H groups in total. The Morgan fingerprint density at radius 3 is 2.91 bits per heavy atom. The molecule has 1 aliphatic carbocycles. The van der Waals surface area contributed by atoms with Crippen molar-refractivity contribution in [1.29, 1.82) is 0 Å². The molecule has 1 aromatic rings. The van der Waals surface area contributed by atoms with Gasteiger partial charge in [0.1, 0.15) is 5.82 Å². The van der Waals surface area contributed by atoms with Crippen LogP contribution in [-0.4, -0.2) is 53.9 Å². The first-order valence-corrected chi connectivity index (χ1v) is 7.80. The van der Waals surface area contributed by atoms with E-state index in [0.29, 0.717) is 18.9 Å². The number of fused-ring (bicyclic) bond motifs is 1. The van der Waals surface area contributed by atoms with E-state index < -0.39 is 0 Å². The van der Waals surface area contributed by atoms with Gasteiger partial charge in [0, 0.05) is 32.9 Å². The first-order chi connectivity index (χ1) is 10.5. The van der Waals surface area contributed by atoms with Crippen LogP contribution in [0.15, 0.2) is 12.1 Å². The van der Waals surface area contributed by atoms with Crippen molar-refractivity contribution >= 4 is 17.8 Å². The number of aryl methyl sites for hydroxylation is 2. The summed E-state index contributed by atoms with van der Waals surface area (Å²) in [7, 11) is 3.50. The van der Waals surface area contributed by atoms with Gasteiger partial charge in [-0.05, 0) is 37.3 Å². The van der Waals surface area contributed by atoms with E-state index in [4.69, 9.17) is 0 Å². The van der Waals surface area contributed by atoms with Crippen molar-refractivity contribution in [3.63, 3.8) is 0 Å². The SMILES string of the molecule is CN(C)C(=O)C1CCN(C(=O)Nc2ccc3c(n2)CCC3)C1. The molecule has 3 amide bonds. The van der Waals surface area contributed by atoms with E-state index >= 15 is 0 Å². The number of amides is 3. The van der Waals surface area contributed by atoms with Crippen molar-refractivity contribution in [2.45, 2.75) is 25.7 Å². The number of aromatic nitrogens is 1. The normalized spacial score (nSPS) is 19.9. The minimum atomic E-state index is -0.167. The predicted molar refractivity (Wildman–Crippen MR) is 83.7 cm³/mol. The summed E-state index contributed by atoms with van der Waals surface area (Å²) < 4.78 is 0. The minimum absolute atomic E-state index is 0.0888. The fourth-order valence-electron chi connectivity index (χ4n) is 3.19. The van der Waals surface area contributed by atoms with Crippen LogP contribution < -0.4 is 5.32 Å². The molecule has 0 radical (unpaired) electrons. The molecule has 1 fully saturated rings. The smallest absolute Gasteiger partial charge is 0.323 e. The van der Waals surface area contributed by atoms with Gasteiger partial charge in [-0.3, -0.25) is 10.1 Å². The number of likely N-dealkylation sites (tertiary alicyclic amines) is 1. The third-order valence-corrected chi connectivity index (χ3v) is 4.43. The summed E-state index contributed by atoms with van der Waals surface area (Å²) in [5.74, 6) is 0.604. The van der Waals surface area contributed by atoms with Crippen LogP contribution in [-0.2, 0) is 17.6 Å². The second kappa shape index (κ2) is 5.94. The standard InChI is InChI=1S/C16H22N4O2/c1-19(2)15(21)12-8-9-20(10-12)16(22)18-14-7-6-11-4-3-5-13(11)17-14/h6-7,12H,3-5,8-10H2,1-2H3,(H,17,18,22). The molecule has 0 saturated carbocycles. The van der Waals surface area contributed by atoms with Crippen LogP contribution >= 0.6 is 0 Å². The zero-order valence-corrected chi connectivity index (χ0v) is 13.1. The topological polar surface area (TPSA) is 65.5 Å². The van der Waals surface area contributed by atoms with E-state index in [1.54, 1.807) is 23.9 Å². The van der Waals surface area contributed by atoms with E-state index in [1.807, 2.05) is 12.1 Å². The molecule has 3 rings (SSSR count). The summed E-state index contributed by atoms with van der Waals surface area (Å²) in [6.45, 7) is 1.09.